The molecule has 1 aromatic carbocycles. The molecule has 0 aliphatic rings. The maximum atomic E-state index is 12.2. The molecular formula is C13H11ClOS2. The zero-order valence-electron chi connectivity index (χ0n) is 9.49. The highest BCUT2D eigenvalue weighted by Gasteiger charge is 2.13. The molecule has 0 aliphatic carbocycles. The number of thiophene rings is 1. The van der Waals surface area contributed by atoms with Crippen molar-refractivity contribution in [2.45, 2.75) is 11.8 Å². The first kappa shape index (κ1) is 12.7. The van der Waals surface area contributed by atoms with Gasteiger partial charge in [0.1, 0.15) is 0 Å². The first-order valence-corrected chi connectivity index (χ1v) is 7.48. The van der Waals surface area contributed by atoms with E-state index in [1.807, 2.05) is 43.5 Å². The van der Waals surface area contributed by atoms with Crippen LogP contribution in [0.15, 0.2) is 35.2 Å². The molecule has 0 radical (unpaired) electrons. The summed E-state index contributed by atoms with van der Waals surface area (Å²) in [4.78, 5) is 14.0. The van der Waals surface area contributed by atoms with E-state index < -0.39 is 0 Å². The van der Waals surface area contributed by atoms with Gasteiger partial charge >= 0.3 is 0 Å². The number of halogens is 1. The van der Waals surface area contributed by atoms with Crippen molar-refractivity contribution in [2.75, 3.05) is 6.26 Å². The lowest BCUT2D eigenvalue weighted by molar-refractivity contribution is 0.104. The Labute approximate surface area is 114 Å². The minimum Gasteiger partial charge on any atom is -0.288 e. The molecule has 0 saturated heterocycles. The number of hydrogen-bond acceptors (Lipinski definition) is 3. The number of carbonyl (C=O) groups is 1. The Bertz CT molecular complexity index is 524. The van der Waals surface area contributed by atoms with Crippen molar-refractivity contribution in [3.05, 3.63) is 50.7 Å². The van der Waals surface area contributed by atoms with Crippen LogP contribution in [0.5, 0.6) is 0 Å². The lowest BCUT2D eigenvalue weighted by atomic mass is 10.1. The average Bonchev–Trinajstić information content (AvgIpc) is 2.69. The average molecular weight is 283 g/mol. The highest BCUT2D eigenvalue weighted by molar-refractivity contribution is 7.98. The molecule has 0 unspecified atom stereocenters. The van der Waals surface area contributed by atoms with Crippen LogP contribution in [0.3, 0.4) is 0 Å². The highest BCUT2D eigenvalue weighted by atomic mass is 35.5. The maximum Gasteiger partial charge on any atom is 0.203 e. The molecule has 0 N–H and O–H groups in total. The van der Waals surface area contributed by atoms with E-state index >= 15 is 0 Å². The normalized spacial score (nSPS) is 10.5. The van der Waals surface area contributed by atoms with Gasteiger partial charge in [0.2, 0.25) is 5.78 Å². The fourth-order valence-corrected chi connectivity index (χ4v) is 3.03. The number of ketones is 1. The first-order chi connectivity index (χ1) is 8.11. The molecule has 0 amide bonds. The lowest BCUT2D eigenvalue weighted by Crippen LogP contribution is -1.97. The second-order valence-electron chi connectivity index (χ2n) is 3.62. The Morgan fingerprint density at radius 1 is 1.29 bits per heavy atom. The third kappa shape index (κ3) is 2.73. The molecule has 1 heterocycles. The van der Waals surface area contributed by atoms with Crippen molar-refractivity contribution in [1.82, 2.24) is 0 Å². The van der Waals surface area contributed by atoms with Crippen LogP contribution >= 0.6 is 34.7 Å². The Kier molecular flexibility index (Phi) is 3.92. The van der Waals surface area contributed by atoms with Crippen molar-refractivity contribution >= 4 is 40.5 Å². The van der Waals surface area contributed by atoms with E-state index in [0.29, 0.717) is 14.8 Å². The van der Waals surface area contributed by atoms with E-state index in [1.54, 1.807) is 11.8 Å². The summed E-state index contributed by atoms with van der Waals surface area (Å²) in [6.45, 7) is 1.91. The molecule has 0 atom stereocenters. The van der Waals surface area contributed by atoms with Crippen molar-refractivity contribution in [2.24, 2.45) is 0 Å². The molecule has 17 heavy (non-hydrogen) atoms. The van der Waals surface area contributed by atoms with E-state index in [1.165, 1.54) is 11.3 Å². The van der Waals surface area contributed by atoms with E-state index in [2.05, 4.69) is 0 Å². The third-order valence-corrected chi connectivity index (χ3v) is 4.73. The summed E-state index contributed by atoms with van der Waals surface area (Å²) in [5.41, 5.74) is 1.67. The summed E-state index contributed by atoms with van der Waals surface area (Å²) in [5.74, 6) is 0.0395. The van der Waals surface area contributed by atoms with Crippen LogP contribution in [0.25, 0.3) is 0 Å². The highest BCUT2D eigenvalue weighted by Crippen LogP contribution is 2.28. The zero-order valence-corrected chi connectivity index (χ0v) is 11.9. The molecule has 0 fully saturated rings. The fourth-order valence-electron chi connectivity index (χ4n) is 1.46. The number of aryl methyl sites for hydroxylation is 1. The molecule has 2 aromatic rings. The predicted molar refractivity (Wildman–Crippen MR) is 75.7 cm³/mol. The molecule has 0 bridgehead atoms. The second-order valence-corrected chi connectivity index (χ2v) is 6.16. The van der Waals surface area contributed by atoms with Gasteiger partial charge in [-0.15, -0.1) is 23.1 Å². The monoisotopic (exact) mass is 282 g/mol. The van der Waals surface area contributed by atoms with Crippen molar-refractivity contribution in [3.63, 3.8) is 0 Å². The summed E-state index contributed by atoms with van der Waals surface area (Å²) >= 11 is 8.97. The molecule has 1 aromatic heterocycles. The van der Waals surface area contributed by atoms with Crippen LogP contribution in [0.4, 0.5) is 0 Å². The standard InChI is InChI=1S/C13H11ClOS2/c1-8-7-11(17-13(8)14)12(15)9-3-5-10(16-2)6-4-9/h3-7H,1-2H3. The minimum atomic E-state index is 0.0395. The van der Waals surface area contributed by atoms with Crippen LogP contribution in [-0.2, 0) is 0 Å². The van der Waals surface area contributed by atoms with Crippen molar-refractivity contribution in [1.29, 1.82) is 0 Å². The van der Waals surface area contributed by atoms with Gasteiger partial charge < -0.3 is 0 Å². The van der Waals surface area contributed by atoms with Gasteiger partial charge in [0.15, 0.2) is 0 Å². The molecule has 0 saturated carbocycles. The minimum absolute atomic E-state index is 0.0395. The van der Waals surface area contributed by atoms with Crippen LogP contribution < -0.4 is 0 Å². The number of benzene rings is 1. The number of carbonyl (C=O) groups excluding carboxylic acids is 1. The summed E-state index contributed by atoms with van der Waals surface area (Å²) in [6, 6.07) is 9.48. The number of hydrogen-bond donors (Lipinski definition) is 0. The van der Waals surface area contributed by atoms with Crippen LogP contribution in [-0.4, -0.2) is 12.0 Å². The molecule has 4 heteroatoms. The van der Waals surface area contributed by atoms with Gasteiger partial charge in [-0.25, -0.2) is 0 Å². The van der Waals surface area contributed by atoms with Crippen molar-refractivity contribution < 1.29 is 4.79 Å². The Morgan fingerprint density at radius 3 is 2.41 bits per heavy atom. The Morgan fingerprint density at radius 2 is 1.94 bits per heavy atom. The lowest BCUT2D eigenvalue weighted by Gasteiger charge is -1.99. The Balaban J connectivity index is 2.30. The largest absolute Gasteiger partial charge is 0.288 e. The van der Waals surface area contributed by atoms with Gasteiger partial charge in [-0.05, 0) is 49.1 Å². The van der Waals surface area contributed by atoms with Crippen molar-refractivity contribution in [3.8, 4) is 0 Å². The molecular weight excluding hydrogens is 272 g/mol. The predicted octanol–water partition coefficient (Wildman–Crippen LogP) is 4.66. The van der Waals surface area contributed by atoms with Gasteiger partial charge in [0, 0.05) is 10.5 Å². The molecule has 0 spiro atoms. The quantitative estimate of drug-likeness (QED) is 0.601. The number of rotatable bonds is 3. The summed E-state index contributed by atoms with van der Waals surface area (Å²) in [7, 11) is 0. The molecule has 88 valence electrons. The van der Waals surface area contributed by atoms with E-state index in [9.17, 15) is 4.79 Å². The van der Waals surface area contributed by atoms with Gasteiger partial charge in [0.25, 0.3) is 0 Å². The third-order valence-electron chi connectivity index (χ3n) is 2.43. The second kappa shape index (κ2) is 5.25. The topological polar surface area (TPSA) is 17.1 Å². The zero-order chi connectivity index (χ0) is 12.4. The number of thioether (sulfide) groups is 1. The van der Waals surface area contributed by atoms with Gasteiger partial charge in [0.05, 0.1) is 9.21 Å². The van der Waals surface area contributed by atoms with Crippen LogP contribution in [0, 0.1) is 6.92 Å². The van der Waals surface area contributed by atoms with Crippen LogP contribution in [0.1, 0.15) is 20.8 Å². The van der Waals surface area contributed by atoms with E-state index in [0.717, 1.165) is 10.5 Å². The molecule has 2 rings (SSSR count). The van der Waals surface area contributed by atoms with E-state index in [4.69, 9.17) is 11.6 Å². The molecule has 0 aliphatic heterocycles. The SMILES string of the molecule is CSc1ccc(C(=O)c2cc(C)c(Cl)s2)cc1. The summed E-state index contributed by atoms with van der Waals surface area (Å²) < 4.78 is 0.689. The van der Waals surface area contributed by atoms with Gasteiger partial charge in [-0.3, -0.25) is 4.79 Å². The van der Waals surface area contributed by atoms with Gasteiger partial charge in [-0.1, -0.05) is 11.6 Å². The first-order valence-electron chi connectivity index (χ1n) is 5.06. The summed E-state index contributed by atoms with van der Waals surface area (Å²) in [5, 5.41) is 0. The van der Waals surface area contributed by atoms with E-state index in [-0.39, 0.29) is 5.78 Å². The summed E-state index contributed by atoms with van der Waals surface area (Å²) in [6.07, 6.45) is 2.01. The maximum absolute atomic E-state index is 12.2. The molecule has 1 nitrogen and oxygen atoms in total. The Hall–Kier alpha value is -0.770. The van der Waals surface area contributed by atoms with Gasteiger partial charge in [-0.2, -0.15) is 0 Å². The smallest absolute Gasteiger partial charge is 0.203 e. The fraction of sp³-hybridized carbons (Fsp3) is 0.154. The van der Waals surface area contributed by atoms with Crippen LogP contribution in [0.2, 0.25) is 4.34 Å².